The van der Waals surface area contributed by atoms with E-state index in [0.717, 1.165) is 0 Å². The van der Waals surface area contributed by atoms with Crippen molar-refractivity contribution in [3.63, 3.8) is 0 Å². The first-order valence-electron chi connectivity index (χ1n) is 6.19. The van der Waals surface area contributed by atoms with Gasteiger partial charge in [-0.2, -0.15) is 0 Å². The Morgan fingerprint density at radius 1 is 1.30 bits per heavy atom. The number of methoxy groups -OCH3 is 1. The number of aromatic nitrogens is 2. The van der Waals surface area contributed by atoms with Crippen molar-refractivity contribution in [3.05, 3.63) is 47.1 Å². The first kappa shape index (κ1) is 14.7. The van der Waals surface area contributed by atoms with Crippen molar-refractivity contribution >= 4 is 23.1 Å². The average Bonchev–Trinajstić information content (AvgIpc) is 2.39. The van der Waals surface area contributed by atoms with Gasteiger partial charge in [0.05, 0.1) is 0 Å². The third-order valence-electron chi connectivity index (χ3n) is 2.71. The van der Waals surface area contributed by atoms with Gasteiger partial charge in [0.2, 0.25) is 0 Å². The van der Waals surface area contributed by atoms with Gasteiger partial charge in [-0.15, -0.1) is 0 Å². The lowest BCUT2D eigenvalue weighted by Crippen LogP contribution is -2.18. The molecule has 1 aromatic heterocycles. The van der Waals surface area contributed by atoms with E-state index < -0.39 is 0 Å². The molecule has 0 bridgehead atoms. The second-order valence-electron chi connectivity index (χ2n) is 4.12. The van der Waals surface area contributed by atoms with Crippen LogP contribution in [0.15, 0.2) is 30.3 Å². The monoisotopic (exact) mass is 295 g/mol. The van der Waals surface area contributed by atoms with Crippen molar-refractivity contribution in [1.29, 1.82) is 0 Å². The normalized spacial score (nSPS) is 10.6. The lowest BCUT2D eigenvalue weighted by molar-refractivity contribution is 0.178. The van der Waals surface area contributed by atoms with Crippen LogP contribution in [-0.4, -0.2) is 23.6 Å². The van der Waals surface area contributed by atoms with Crippen LogP contribution in [0, 0.1) is 5.82 Å². The fraction of sp³-hybridized carbons (Fsp3) is 0.286. The van der Waals surface area contributed by atoms with Gasteiger partial charge < -0.3 is 9.64 Å². The number of anilines is 2. The fourth-order valence-electron chi connectivity index (χ4n) is 1.90. The van der Waals surface area contributed by atoms with E-state index in [1.54, 1.807) is 19.2 Å². The first-order valence-corrected chi connectivity index (χ1v) is 6.57. The molecule has 0 radical (unpaired) electrons. The minimum Gasteiger partial charge on any atom is -0.377 e. The first-order chi connectivity index (χ1) is 9.63. The number of nitrogens with zero attached hydrogens (tertiary/aromatic N) is 3. The molecule has 0 unspecified atom stereocenters. The molecule has 0 amide bonds. The Morgan fingerprint density at radius 3 is 2.75 bits per heavy atom. The van der Waals surface area contributed by atoms with Crippen molar-refractivity contribution in [3.8, 4) is 0 Å². The van der Waals surface area contributed by atoms with Gasteiger partial charge in [-0.05, 0) is 25.1 Å². The van der Waals surface area contributed by atoms with Crippen LogP contribution in [0.5, 0.6) is 0 Å². The third kappa shape index (κ3) is 3.43. The van der Waals surface area contributed by atoms with Crippen molar-refractivity contribution in [1.82, 2.24) is 9.97 Å². The van der Waals surface area contributed by atoms with Crippen LogP contribution in [0.3, 0.4) is 0 Å². The Kier molecular flexibility index (Phi) is 4.87. The van der Waals surface area contributed by atoms with E-state index in [9.17, 15) is 4.39 Å². The van der Waals surface area contributed by atoms with Crippen LogP contribution in [0.4, 0.5) is 15.9 Å². The van der Waals surface area contributed by atoms with E-state index in [4.69, 9.17) is 16.3 Å². The topological polar surface area (TPSA) is 38.2 Å². The Balaban J connectivity index is 2.41. The quantitative estimate of drug-likeness (QED) is 0.790. The predicted octanol–water partition coefficient (Wildman–Crippen LogP) is 3.57. The lowest BCUT2D eigenvalue weighted by Gasteiger charge is -2.22. The predicted molar refractivity (Wildman–Crippen MR) is 76.8 cm³/mol. The molecular weight excluding hydrogens is 281 g/mol. The van der Waals surface area contributed by atoms with E-state index in [2.05, 4.69) is 9.97 Å². The minimum absolute atomic E-state index is 0.272. The van der Waals surface area contributed by atoms with Crippen LogP contribution < -0.4 is 4.90 Å². The number of ether oxygens (including phenoxy) is 1. The summed E-state index contributed by atoms with van der Waals surface area (Å²) >= 11 is 6.00. The van der Waals surface area contributed by atoms with E-state index in [1.807, 2.05) is 17.9 Å². The number of halogens is 2. The SMILES string of the molecule is CCN(c1cccc(F)c1)c1cc(Cl)nc(COC)n1. The van der Waals surface area contributed by atoms with Gasteiger partial charge in [-0.1, -0.05) is 17.7 Å². The van der Waals surface area contributed by atoms with E-state index in [0.29, 0.717) is 29.0 Å². The van der Waals surface area contributed by atoms with Crippen LogP contribution >= 0.6 is 11.6 Å². The molecule has 4 nitrogen and oxygen atoms in total. The summed E-state index contributed by atoms with van der Waals surface area (Å²) < 4.78 is 18.4. The molecule has 1 heterocycles. The van der Waals surface area contributed by atoms with Gasteiger partial charge in [0, 0.05) is 25.4 Å². The highest BCUT2D eigenvalue weighted by Gasteiger charge is 2.12. The Morgan fingerprint density at radius 2 is 2.10 bits per heavy atom. The molecule has 106 valence electrons. The van der Waals surface area contributed by atoms with Crippen LogP contribution in [0.25, 0.3) is 0 Å². The molecule has 0 saturated heterocycles. The summed E-state index contributed by atoms with van der Waals surface area (Å²) in [7, 11) is 1.56. The summed E-state index contributed by atoms with van der Waals surface area (Å²) in [6, 6.07) is 7.98. The summed E-state index contributed by atoms with van der Waals surface area (Å²) in [4.78, 5) is 10.3. The molecule has 0 N–H and O–H groups in total. The maximum Gasteiger partial charge on any atom is 0.158 e. The highest BCUT2D eigenvalue weighted by atomic mass is 35.5. The molecular formula is C14H15ClFN3O. The molecule has 0 atom stereocenters. The average molecular weight is 296 g/mol. The van der Waals surface area contributed by atoms with Crippen molar-refractivity contribution in [2.75, 3.05) is 18.6 Å². The second-order valence-corrected chi connectivity index (χ2v) is 4.51. The lowest BCUT2D eigenvalue weighted by atomic mass is 10.2. The van der Waals surface area contributed by atoms with E-state index in [1.165, 1.54) is 12.1 Å². The van der Waals surface area contributed by atoms with Gasteiger partial charge in [0.15, 0.2) is 5.82 Å². The largest absolute Gasteiger partial charge is 0.377 e. The van der Waals surface area contributed by atoms with Gasteiger partial charge in [0.1, 0.15) is 23.4 Å². The summed E-state index contributed by atoms with van der Waals surface area (Å²) in [6.07, 6.45) is 0. The zero-order valence-electron chi connectivity index (χ0n) is 11.3. The molecule has 0 spiro atoms. The van der Waals surface area contributed by atoms with E-state index in [-0.39, 0.29) is 12.4 Å². The summed E-state index contributed by atoms with van der Waals surface area (Å²) in [5.74, 6) is 0.813. The van der Waals surface area contributed by atoms with Crippen LogP contribution in [0.2, 0.25) is 5.15 Å². The van der Waals surface area contributed by atoms with Gasteiger partial charge in [0.25, 0.3) is 0 Å². The standard InChI is InChI=1S/C14H15ClFN3O/c1-3-19(11-6-4-5-10(16)7-11)14-8-12(15)17-13(18-14)9-20-2/h4-8H,3,9H2,1-2H3. The molecule has 20 heavy (non-hydrogen) atoms. The van der Waals surface area contributed by atoms with E-state index >= 15 is 0 Å². The Hall–Kier alpha value is -1.72. The van der Waals surface area contributed by atoms with Crippen molar-refractivity contribution in [2.45, 2.75) is 13.5 Å². The molecule has 0 fully saturated rings. The third-order valence-corrected chi connectivity index (χ3v) is 2.91. The molecule has 0 aliphatic carbocycles. The molecule has 2 aromatic rings. The van der Waals surface area contributed by atoms with Crippen LogP contribution in [-0.2, 0) is 11.3 Å². The number of benzene rings is 1. The second kappa shape index (κ2) is 6.63. The zero-order chi connectivity index (χ0) is 14.5. The molecule has 6 heteroatoms. The van der Waals surface area contributed by atoms with Crippen LogP contribution in [0.1, 0.15) is 12.7 Å². The zero-order valence-corrected chi connectivity index (χ0v) is 12.1. The summed E-state index contributed by atoms with van der Waals surface area (Å²) in [5.41, 5.74) is 0.714. The molecule has 1 aromatic carbocycles. The maximum atomic E-state index is 13.4. The Bertz CT molecular complexity index is 594. The van der Waals surface area contributed by atoms with Gasteiger partial charge in [-0.25, -0.2) is 14.4 Å². The van der Waals surface area contributed by atoms with Crippen molar-refractivity contribution in [2.24, 2.45) is 0 Å². The minimum atomic E-state index is -0.293. The van der Waals surface area contributed by atoms with Crippen molar-refractivity contribution < 1.29 is 9.13 Å². The molecule has 0 aliphatic heterocycles. The smallest absolute Gasteiger partial charge is 0.158 e. The summed E-state index contributed by atoms with van der Waals surface area (Å²) in [5, 5.41) is 0.330. The number of rotatable bonds is 5. The maximum absolute atomic E-state index is 13.4. The number of hydrogen-bond donors (Lipinski definition) is 0. The highest BCUT2D eigenvalue weighted by molar-refractivity contribution is 6.29. The Labute approximate surface area is 122 Å². The number of hydrogen-bond acceptors (Lipinski definition) is 4. The highest BCUT2D eigenvalue weighted by Crippen LogP contribution is 2.25. The fourth-order valence-corrected chi connectivity index (χ4v) is 2.10. The molecule has 0 aliphatic rings. The molecule has 2 rings (SSSR count). The van der Waals surface area contributed by atoms with Gasteiger partial charge in [-0.3, -0.25) is 0 Å². The molecule has 0 saturated carbocycles. The summed E-state index contributed by atoms with van der Waals surface area (Å²) in [6.45, 7) is 2.86. The van der Waals surface area contributed by atoms with Gasteiger partial charge >= 0.3 is 0 Å².